The maximum absolute atomic E-state index is 14.2. The number of nitrogens with zero attached hydrogens (tertiary/aromatic N) is 5. The van der Waals surface area contributed by atoms with Crippen LogP contribution < -0.4 is 14.8 Å². The number of fused-ring (bicyclic) bond motifs is 1. The third-order valence-corrected chi connectivity index (χ3v) is 9.62. The fourth-order valence-corrected chi connectivity index (χ4v) is 7.26. The van der Waals surface area contributed by atoms with E-state index in [1.54, 1.807) is 56.9 Å². The van der Waals surface area contributed by atoms with Crippen molar-refractivity contribution in [2.24, 2.45) is 0 Å². The second kappa shape index (κ2) is 11.2. The summed E-state index contributed by atoms with van der Waals surface area (Å²) in [6, 6.07) is 12.8. The number of hydrogen-bond acceptors (Lipinski definition) is 8. The Morgan fingerprint density at radius 1 is 0.976 bits per heavy atom. The number of hydrogen-bond donors (Lipinski definition) is 1. The smallest absolute Gasteiger partial charge is 0.269 e. The fourth-order valence-electron chi connectivity index (χ4n) is 5.68. The summed E-state index contributed by atoms with van der Waals surface area (Å²) in [5, 5.41) is 8.84. The lowest BCUT2D eigenvalue weighted by molar-refractivity contribution is 0.327. The monoisotopic (exact) mass is 586 g/mol. The first-order valence-electron chi connectivity index (χ1n) is 14.1. The van der Waals surface area contributed by atoms with Crippen molar-refractivity contribution in [3.8, 4) is 34.0 Å². The molecule has 0 spiro atoms. The van der Waals surface area contributed by atoms with E-state index < -0.39 is 10.0 Å². The van der Waals surface area contributed by atoms with Crippen molar-refractivity contribution >= 4 is 21.1 Å². The summed E-state index contributed by atoms with van der Waals surface area (Å²) >= 11 is 0. The number of piperidine rings is 1. The van der Waals surface area contributed by atoms with E-state index in [1.165, 1.54) is 3.97 Å². The van der Waals surface area contributed by atoms with Crippen molar-refractivity contribution in [2.45, 2.75) is 44.0 Å². The number of rotatable bonds is 8. The first-order valence-corrected chi connectivity index (χ1v) is 15.5. The SMILES string of the molecule is CCc1c(-c2ccc(OC)nc2)c2cc(-c3cn(C4CCNCC4)nc3OC)cnc2n1S(=O)(=O)c1ccc(C)cc1. The van der Waals surface area contributed by atoms with Gasteiger partial charge in [0.2, 0.25) is 11.8 Å². The molecule has 0 saturated carbocycles. The van der Waals surface area contributed by atoms with E-state index >= 15 is 0 Å². The minimum Gasteiger partial charge on any atom is -0.481 e. The van der Waals surface area contributed by atoms with E-state index in [2.05, 4.69) is 10.3 Å². The summed E-state index contributed by atoms with van der Waals surface area (Å²) in [6.45, 7) is 5.76. The van der Waals surface area contributed by atoms with Gasteiger partial charge in [0.25, 0.3) is 10.0 Å². The van der Waals surface area contributed by atoms with Crippen LogP contribution in [0.4, 0.5) is 0 Å². The topological polar surface area (TPSA) is 113 Å². The van der Waals surface area contributed by atoms with Crippen LogP contribution in [0.25, 0.3) is 33.3 Å². The van der Waals surface area contributed by atoms with E-state index in [1.807, 2.05) is 36.9 Å². The van der Waals surface area contributed by atoms with Gasteiger partial charge >= 0.3 is 0 Å². The molecule has 1 aromatic carbocycles. The van der Waals surface area contributed by atoms with E-state index in [0.717, 1.165) is 53.7 Å². The largest absolute Gasteiger partial charge is 0.481 e. The molecule has 0 aliphatic carbocycles. The average Bonchev–Trinajstić information content (AvgIpc) is 3.61. The Kier molecular flexibility index (Phi) is 7.46. The predicted octanol–water partition coefficient (Wildman–Crippen LogP) is 5.01. The van der Waals surface area contributed by atoms with Crippen LogP contribution in [0.15, 0.2) is 66.0 Å². The number of pyridine rings is 2. The molecule has 0 atom stereocenters. The first-order chi connectivity index (χ1) is 20.3. The van der Waals surface area contributed by atoms with Gasteiger partial charge in [0.1, 0.15) is 0 Å². The van der Waals surface area contributed by atoms with Crippen molar-refractivity contribution < 1.29 is 17.9 Å². The predicted molar refractivity (Wildman–Crippen MR) is 162 cm³/mol. The van der Waals surface area contributed by atoms with Crippen molar-refractivity contribution in [1.82, 2.24) is 29.0 Å². The van der Waals surface area contributed by atoms with Crippen LogP contribution >= 0.6 is 0 Å². The van der Waals surface area contributed by atoms with E-state index in [0.29, 0.717) is 34.9 Å². The van der Waals surface area contributed by atoms with Gasteiger partial charge in [-0.05, 0) is 63.5 Å². The minimum absolute atomic E-state index is 0.204. The van der Waals surface area contributed by atoms with Crippen LogP contribution in [0, 0.1) is 6.92 Å². The molecular formula is C31H34N6O4S. The lowest BCUT2D eigenvalue weighted by atomic mass is 10.0. The molecule has 11 heteroatoms. The van der Waals surface area contributed by atoms with Gasteiger partial charge in [0, 0.05) is 52.4 Å². The average molecular weight is 587 g/mol. The second-order valence-electron chi connectivity index (χ2n) is 10.5. The Labute approximate surface area is 245 Å². The Morgan fingerprint density at radius 3 is 2.36 bits per heavy atom. The van der Waals surface area contributed by atoms with E-state index in [4.69, 9.17) is 19.6 Å². The van der Waals surface area contributed by atoms with E-state index in [-0.39, 0.29) is 10.9 Å². The van der Waals surface area contributed by atoms with Crippen LogP contribution in [-0.2, 0) is 16.4 Å². The van der Waals surface area contributed by atoms with Crippen LogP contribution in [0.3, 0.4) is 0 Å². The maximum atomic E-state index is 14.2. The standard InChI is InChI=1S/C31H34N6O4S/c1-5-27-29(21-8-11-28(40-3)33-17-21)25-16-22(26-19-36(35-31(26)41-4)23-12-14-32-15-13-23)18-34-30(25)37(27)42(38,39)24-9-6-20(2)7-10-24/h6-11,16-19,23,32H,5,12-15H2,1-4H3. The lowest BCUT2D eigenvalue weighted by Crippen LogP contribution is -2.29. The normalized spacial score (nSPS) is 14.4. The number of aryl methyl sites for hydroxylation is 1. The third-order valence-electron chi connectivity index (χ3n) is 7.88. The van der Waals surface area contributed by atoms with Crippen LogP contribution in [0.2, 0.25) is 0 Å². The molecule has 0 radical (unpaired) electrons. The Balaban J connectivity index is 1.59. The lowest BCUT2D eigenvalue weighted by Gasteiger charge is -2.22. The molecule has 5 aromatic rings. The number of ether oxygens (including phenoxy) is 2. The van der Waals surface area contributed by atoms with Gasteiger partial charge in [-0.3, -0.25) is 4.68 Å². The van der Waals surface area contributed by atoms with Crippen LogP contribution in [-0.4, -0.2) is 59.4 Å². The highest BCUT2D eigenvalue weighted by molar-refractivity contribution is 7.90. The molecule has 10 nitrogen and oxygen atoms in total. The molecule has 5 heterocycles. The molecule has 4 aromatic heterocycles. The van der Waals surface area contributed by atoms with Gasteiger partial charge in [-0.1, -0.05) is 24.6 Å². The van der Waals surface area contributed by atoms with Gasteiger partial charge < -0.3 is 14.8 Å². The van der Waals surface area contributed by atoms with Crippen molar-refractivity contribution in [2.75, 3.05) is 27.3 Å². The van der Waals surface area contributed by atoms with Gasteiger partial charge in [-0.2, -0.15) is 0 Å². The molecule has 0 amide bonds. The van der Waals surface area contributed by atoms with Crippen LogP contribution in [0.1, 0.15) is 37.1 Å². The number of benzene rings is 1. The highest BCUT2D eigenvalue weighted by Gasteiger charge is 2.29. The zero-order chi connectivity index (χ0) is 29.4. The Bertz CT molecular complexity index is 1840. The summed E-state index contributed by atoms with van der Waals surface area (Å²) in [6.07, 6.45) is 7.83. The van der Waals surface area contributed by atoms with Crippen molar-refractivity contribution in [1.29, 1.82) is 0 Å². The maximum Gasteiger partial charge on any atom is 0.269 e. The zero-order valence-electron chi connectivity index (χ0n) is 24.2. The molecule has 1 aliphatic heterocycles. The molecule has 6 rings (SSSR count). The molecule has 218 valence electrons. The van der Waals surface area contributed by atoms with Gasteiger partial charge in [-0.15, -0.1) is 5.10 Å². The Hall–Kier alpha value is -4.22. The summed E-state index contributed by atoms with van der Waals surface area (Å²) < 4.78 is 42.7. The number of methoxy groups -OCH3 is 2. The van der Waals surface area contributed by atoms with Gasteiger partial charge in [0.15, 0.2) is 5.65 Å². The molecule has 1 aliphatic rings. The second-order valence-corrected chi connectivity index (χ2v) is 12.2. The van der Waals surface area contributed by atoms with Gasteiger partial charge in [-0.25, -0.2) is 22.4 Å². The molecule has 1 fully saturated rings. The molecule has 1 saturated heterocycles. The molecule has 0 unspecified atom stereocenters. The summed E-state index contributed by atoms with van der Waals surface area (Å²) in [4.78, 5) is 9.41. The summed E-state index contributed by atoms with van der Waals surface area (Å²) in [5.41, 5.74) is 5.08. The molecule has 0 bridgehead atoms. The number of aromatic nitrogens is 5. The summed E-state index contributed by atoms with van der Waals surface area (Å²) in [7, 11) is -0.791. The van der Waals surface area contributed by atoms with Crippen molar-refractivity contribution in [3.05, 3.63) is 72.3 Å². The van der Waals surface area contributed by atoms with Gasteiger partial charge in [0.05, 0.1) is 30.7 Å². The molecule has 42 heavy (non-hydrogen) atoms. The highest BCUT2D eigenvalue weighted by atomic mass is 32.2. The Morgan fingerprint density at radius 2 is 1.71 bits per heavy atom. The fraction of sp³-hybridized carbons (Fsp3) is 0.323. The molecular weight excluding hydrogens is 552 g/mol. The van der Waals surface area contributed by atoms with E-state index in [9.17, 15) is 8.42 Å². The number of nitrogens with one attached hydrogen (secondary N) is 1. The van der Waals surface area contributed by atoms with Crippen LogP contribution in [0.5, 0.6) is 11.8 Å². The summed E-state index contributed by atoms with van der Waals surface area (Å²) in [5.74, 6) is 0.978. The highest BCUT2D eigenvalue weighted by Crippen LogP contribution is 2.40. The quantitative estimate of drug-likeness (QED) is 0.270. The first kappa shape index (κ1) is 27.9. The third kappa shape index (κ3) is 4.82. The molecule has 1 N–H and O–H groups in total. The zero-order valence-corrected chi connectivity index (χ0v) is 25.0. The minimum atomic E-state index is -3.96. The van der Waals surface area contributed by atoms with Crippen molar-refractivity contribution in [3.63, 3.8) is 0 Å².